The van der Waals surface area contributed by atoms with Crippen molar-refractivity contribution in [3.8, 4) is 5.69 Å². The first kappa shape index (κ1) is 13.8. The summed E-state index contributed by atoms with van der Waals surface area (Å²) in [6.45, 7) is 3.64. The Kier molecular flexibility index (Phi) is 3.47. The van der Waals surface area contributed by atoms with E-state index in [2.05, 4.69) is 15.1 Å². The topological polar surface area (TPSA) is 77.0 Å². The number of carbonyl (C=O) groups excluding carboxylic acids is 1. The zero-order chi connectivity index (χ0) is 14.9. The Labute approximate surface area is 123 Å². The lowest BCUT2D eigenvalue weighted by Gasteiger charge is -2.34. The van der Waals surface area contributed by atoms with Crippen LogP contribution in [0.2, 0.25) is 0 Å². The van der Waals surface area contributed by atoms with Crippen LogP contribution in [0, 0.1) is 0 Å². The van der Waals surface area contributed by atoms with E-state index in [-0.39, 0.29) is 5.91 Å². The van der Waals surface area contributed by atoms with Crippen LogP contribution in [0.1, 0.15) is 25.6 Å². The number of primary amides is 1. The van der Waals surface area contributed by atoms with Gasteiger partial charge in [-0.05, 0) is 38.1 Å². The van der Waals surface area contributed by atoms with Gasteiger partial charge in [0.2, 0.25) is 5.91 Å². The lowest BCUT2D eigenvalue weighted by atomic mass is 9.93. The Morgan fingerprint density at radius 3 is 2.81 bits per heavy atom. The minimum atomic E-state index is -0.860. The predicted octanol–water partition coefficient (Wildman–Crippen LogP) is 1.06. The number of hydrogen-bond acceptors (Lipinski definition) is 4. The van der Waals surface area contributed by atoms with Crippen molar-refractivity contribution in [1.82, 2.24) is 19.7 Å². The van der Waals surface area contributed by atoms with Crippen molar-refractivity contribution in [2.75, 3.05) is 13.1 Å². The van der Waals surface area contributed by atoms with Crippen LogP contribution in [0.5, 0.6) is 0 Å². The fourth-order valence-corrected chi connectivity index (χ4v) is 3.24. The number of nitrogens with two attached hydrogens (primary N) is 1. The fourth-order valence-electron chi connectivity index (χ4n) is 3.24. The normalized spacial score (nSPS) is 22.5. The SMILES string of the molecule is CCN1CCCC1(C(N)=O)c1nncn1-c1ccccc1. The summed E-state index contributed by atoms with van der Waals surface area (Å²) in [4.78, 5) is 14.4. The third kappa shape index (κ3) is 2.03. The highest BCUT2D eigenvalue weighted by Crippen LogP contribution is 2.38. The van der Waals surface area contributed by atoms with Gasteiger partial charge in [0.25, 0.3) is 0 Å². The molecule has 2 aromatic rings. The predicted molar refractivity (Wildman–Crippen MR) is 78.7 cm³/mol. The monoisotopic (exact) mass is 285 g/mol. The van der Waals surface area contributed by atoms with Crippen molar-refractivity contribution >= 4 is 5.91 Å². The van der Waals surface area contributed by atoms with Crippen LogP contribution in [0.15, 0.2) is 36.7 Å². The summed E-state index contributed by atoms with van der Waals surface area (Å²) in [5.41, 5.74) is 5.85. The molecule has 0 aliphatic carbocycles. The third-order valence-corrected chi connectivity index (χ3v) is 4.25. The molecule has 1 amide bonds. The van der Waals surface area contributed by atoms with E-state index in [9.17, 15) is 4.79 Å². The van der Waals surface area contributed by atoms with Gasteiger partial charge in [0.1, 0.15) is 6.33 Å². The molecule has 6 nitrogen and oxygen atoms in total. The first-order valence-electron chi connectivity index (χ1n) is 7.21. The molecule has 1 unspecified atom stereocenters. The number of likely N-dealkylation sites (N-methyl/N-ethyl adjacent to an activating group) is 1. The number of hydrogen-bond donors (Lipinski definition) is 1. The van der Waals surface area contributed by atoms with Gasteiger partial charge in [-0.3, -0.25) is 14.3 Å². The molecule has 110 valence electrons. The molecule has 21 heavy (non-hydrogen) atoms. The number of benzene rings is 1. The third-order valence-electron chi connectivity index (χ3n) is 4.25. The Morgan fingerprint density at radius 1 is 1.38 bits per heavy atom. The molecule has 1 aromatic carbocycles. The maximum absolute atomic E-state index is 12.3. The van der Waals surface area contributed by atoms with Crippen LogP contribution >= 0.6 is 0 Å². The van der Waals surface area contributed by atoms with Gasteiger partial charge in [0.05, 0.1) is 0 Å². The van der Waals surface area contributed by atoms with Crippen molar-refractivity contribution in [3.05, 3.63) is 42.5 Å². The largest absolute Gasteiger partial charge is 0.368 e. The van der Waals surface area contributed by atoms with Gasteiger partial charge in [0, 0.05) is 5.69 Å². The zero-order valence-corrected chi connectivity index (χ0v) is 12.1. The van der Waals surface area contributed by atoms with E-state index in [0.717, 1.165) is 25.2 Å². The summed E-state index contributed by atoms with van der Waals surface area (Å²) >= 11 is 0. The van der Waals surface area contributed by atoms with Crippen LogP contribution in [0.3, 0.4) is 0 Å². The lowest BCUT2D eigenvalue weighted by molar-refractivity contribution is -0.129. The van der Waals surface area contributed by atoms with Crippen molar-refractivity contribution in [2.24, 2.45) is 5.73 Å². The maximum atomic E-state index is 12.3. The molecule has 3 rings (SSSR count). The maximum Gasteiger partial charge on any atom is 0.245 e. The number of rotatable bonds is 4. The molecule has 0 saturated carbocycles. The van der Waals surface area contributed by atoms with Gasteiger partial charge in [-0.25, -0.2) is 0 Å². The van der Waals surface area contributed by atoms with Gasteiger partial charge in [-0.15, -0.1) is 10.2 Å². The van der Waals surface area contributed by atoms with Gasteiger partial charge in [-0.1, -0.05) is 25.1 Å². The number of amides is 1. The van der Waals surface area contributed by atoms with Crippen molar-refractivity contribution < 1.29 is 4.79 Å². The molecule has 1 atom stereocenters. The van der Waals surface area contributed by atoms with Crippen LogP contribution in [-0.4, -0.2) is 38.7 Å². The van der Waals surface area contributed by atoms with Crippen LogP contribution in [0.25, 0.3) is 5.69 Å². The smallest absolute Gasteiger partial charge is 0.245 e. The molecule has 2 heterocycles. The Morgan fingerprint density at radius 2 is 2.14 bits per heavy atom. The van der Waals surface area contributed by atoms with Gasteiger partial charge < -0.3 is 5.73 Å². The van der Waals surface area contributed by atoms with Crippen molar-refractivity contribution in [2.45, 2.75) is 25.3 Å². The lowest BCUT2D eigenvalue weighted by Crippen LogP contribution is -2.52. The molecule has 1 aliphatic rings. The Hall–Kier alpha value is -2.21. The summed E-state index contributed by atoms with van der Waals surface area (Å²) in [6.07, 6.45) is 3.25. The second-order valence-electron chi connectivity index (χ2n) is 5.27. The van der Waals surface area contributed by atoms with Crippen LogP contribution in [0.4, 0.5) is 0 Å². The molecule has 0 spiro atoms. The first-order valence-corrected chi connectivity index (χ1v) is 7.21. The molecule has 1 aliphatic heterocycles. The quantitative estimate of drug-likeness (QED) is 0.911. The molecule has 6 heteroatoms. The molecule has 2 N–H and O–H groups in total. The number of carbonyl (C=O) groups is 1. The summed E-state index contributed by atoms with van der Waals surface area (Å²) < 4.78 is 1.86. The van der Waals surface area contributed by atoms with Crippen LogP contribution < -0.4 is 5.73 Å². The minimum absolute atomic E-state index is 0.355. The fraction of sp³-hybridized carbons (Fsp3) is 0.400. The minimum Gasteiger partial charge on any atom is -0.368 e. The Bertz CT molecular complexity index is 639. The van der Waals surface area contributed by atoms with Crippen molar-refractivity contribution in [1.29, 1.82) is 0 Å². The highest BCUT2D eigenvalue weighted by Gasteiger charge is 2.50. The standard InChI is InChI=1S/C15H19N5O/c1-2-19-10-6-9-15(19,13(16)21)14-18-17-11-20(14)12-7-4-3-5-8-12/h3-5,7-8,11H,2,6,9-10H2,1H3,(H2,16,21). The van der Waals surface area contributed by atoms with Gasteiger partial charge >= 0.3 is 0 Å². The van der Waals surface area contributed by atoms with E-state index in [1.54, 1.807) is 6.33 Å². The van der Waals surface area contributed by atoms with Gasteiger partial charge in [-0.2, -0.15) is 0 Å². The zero-order valence-electron chi connectivity index (χ0n) is 12.1. The average Bonchev–Trinajstić information content (AvgIpc) is 3.14. The summed E-state index contributed by atoms with van der Waals surface area (Å²) in [6, 6.07) is 9.77. The van der Waals surface area contributed by atoms with E-state index >= 15 is 0 Å². The second kappa shape index (κ2) is 5.29. The van der Waals surface area contributed by atoms with E-state index < -0.39 is 5.54 Å². The van der Waals surface area contributed by atoms with E-state index in [0.29, 0.717) is 12.2 Å². The van der Waals surface area contributed by atoms with Crippen LogP contribution in [-0.2, 0) is 10.3 Å². The molecule has 1 fully saturated rings. The van der Waals surface area contributed by atoms with E-state index in [1.807, 2.05) is 41.8 Å². The van der Waals surface area contributed by atoms with E-state index in [1.165, 1.54) is 0 Å². The van der Waals surface area contributed by atoms with Crippen molar-refractivity contribution in [3.63, 3.8) is 0 Å². The molecule has 1 saturated heterocycles. The average molecular weight is 285 g/mol. The number of para-hydroxylation sites is 1. The number of aromatic nitrogens is 3. The summed E-state index contributed by atoms with van der Waals surface area (Å²) in [5.74, 6) is 0.257. The number of nitrogens with zero attached hydrogens (tertiary/aromatic N) is 4. The summed E-state index contributed by atoms with van der Waals surface area (Å²) in [7, 11) is 0. The highest BCUT2D eigenvalue weighted by atomic mass is 16.1. The first-order chi connectivity index (χ1) is 10.2. The Balaban J connectivity index is 2.15. The second-order valence-corrected chi connectivity index (χ2v) is 5.27. The molecular formula is C15H19N5O. The highest BCUT2D eigenvalue weighted by molar-refractivity contribution is 5.85. The summed E-state index contributed by atoms with van der Waals surface area (Å²) in [5, 5.41) is 8.25. The molecular weight excluding hydrogens is 266 g/mol. The number of likely N-dealkylation sites (tertiary alicyclic amines) is 1. The molecule has 0 bridgehead atoms. The van der Waals surface area contributed by atoms with Gasteiger partial charge in [0.15, 0.2) is 11.4 Å². The molecule has 1 aromatic heterocycles. The van der Waals surface area contributed by atoms with E-state index in [4.69, 9.17) is 5.73 Å². The molecule has 0 radical (unpaired) electrons.